The van der Waals surface area contributed by atoms with E-state index in [0.29, 0.717) is 6.42 Å². The van der Waals surface area contributed by atoms with Crippen LogP contribution in [0.3, 0.4) is 0 Å². The summed E-state index contributed by atoms with van der Waals surface area (Å²) in [7, 11) is 1.31. The van der Waals surface area contributed by atoms with Crippen LogP contribution in [-0.2, 0) is 23.8 Å². The van der Waals surface area contributed by atoms with Gasteiger partial charge in [0.2, 0.25) is 0 Å². The summed E-state index contributed by atoms with van der Waals surface area (Å²) in [5.41, 5.74) is 0. The second-order valence-electron chi connectivity index (χ2n) is 3.72. The van der Waals surface area contributed by atoms with Crippen LogP contribution >= 0.6 is 0 Å². The lowest BCUT2D eigenvalue weighted by molar-refractivity contribution is -0.147. The van der Waals surface area contributed by atoms with E-state index >= 15 is 0 Å². The Labute approximate surface area is 101 Å². The third-order valence-corrected chi connectivity index (χ3v) is 1.94. The van der Waals surface area contributed by atoms with Gasteiger partial charge in [0.15, 0.2) is 0 Å². The standard InChI is InChI=1S/C11H20O6/c1-8(12)6-17-10(7-16-9(2)13)4-5-11(14)15-3/h8,10,12H,4-7H2,1-3H3. The minimum absolute atomic E-state index is 0.0685. The summed E-state index contributed by atoms with van der Waals surface area (Å²) >= 11 is 0. The summed E-state index contributed by atoms with van der Waals surface area (Å²) in [6, 6.07) is 0. The molecule has 0 saturated carbocycles. The van der Waals surface area contributed by atoms with Crippen LogP contribution in [0, 0.1) is 0 Å². The van der Waals surface area contributed by atoms with Crippen molar-refractivity contribution in [2.45, 2.75) is 38.9 Å². The lowest BCUT2D eigenvalue weighted by Crippen LogP contribution is -2.26. The van der Waals surface area contributed by atoms with Gasteiger partial charge in [-0.1, -0.05) is 0 Å². The van der Waals surface area contributed by atoms with Crippen LogP contribution in [-0.4, -0.2) is 49.6 Å². The van der Waals surface area contributed by atoms with Crippen molar-refractivity contribution in [3.05, 3.63) is 0 Å². The molecule has 2 unspecified atom stereocenters. The van der Waals surface area contributed by atoms with E-state index < -0.39 is 18.2 Å². The van der Waals surface area contributed by atoms with E-state index in [4.69, 9.17) is 14.6 Å². The maximum atomic E-state index is 11.0. The molecule has 0 fully saturated rings. The molecule has 0 bridgehead atoms. The largest absolute Gasteiger partial charge is 0.469 e. The van der Waals surface area contributed by atoms with Crippen molar-refractivity contribution in [3.8, 4) is 0 Å². The summed E-state index contributed by atoms with van der Waals surface area (Å²) in [6.07, 6.45) is -0.449. The molecule has 0 spiro atoms. The highest BCUT2D eigenvalue weighted by Gasteiger charge is 2.14. The Balaban J connectivity index is 4.00. The first-order valence-corrected chi connectivity index (χ1v) is 5.45. The number of hydrogen-bond donors (Lipinski definition) is 1. The molecule has 0 aromatic rings. The Kier molecular flexibility index (Phi) is 8.35. The summed E-state index contributed by atoms with van der Waals surface area (Å²) in [5.74, 6) is -0.757. The zero-order valence-electron chi connectivity index (χ0n) is 10.5. The van der Waals surface area contributed by atoms with Gasteiger partial charge in [-0.2, -0.15) is 0 Å². The molecule has 0 aliphatic rings. The zero-order valence-corrected chi connectivity index (χ0v) is 10.5. The lowest BCUT2D eigenvalue weighted by Gasteiger charge is -2.18. The van der Waals surface area contributed by atoms with Crippen LogP contribution in [0.4, 0.5) is 0 Å². The number of aliphatic hydroxyl groups excluding tert-OH is 1. The topological polar surface area (TPSA) is 82.1 Å². The number of esters is 2. The van der Waals surface area contributed by atoms with Crippen LogP contribution in [0.25, 0.3) is 0 Å². The first kappa shape index (κ1) is 15.9. The second-order valence-corrected chi connectivity index (χ2v) is 3.72. The van der Waals surface area contributed by atoms with Gasteiger partial charge in [0, 0.05) is 13.3 Å². The van der Waals surface area contributed by atoms with E-state index in [1.807, 2.05) is 0 Å². The predicted molar refractivity (Wildman–Crippen MR) is 59.3 cm³/mol. The van der Waals surface area contributed by atoms with Gasteiger partial charge in [-0.15, -0.1) is 0 Å². The minimum Gasteiger partial charge on any atom is -0.469 e. The van der Waals surface area contributed by atoms with Crippen molar-refractivity contribution in [1.82, 2.24) is 0 Å². The fraction of sp³-hybridized carbons (Fsp3) is 0.818. The van der Waals surface area contributed by atoms with Gasteiger partial charge in [0.1, 0.15) is 6.61 Å². The molecular weight excluding hydrogens is 228 g/mol. The van der Waals surface area contributed by atoms with Crippen molar-refractivity contribution < 1.29 is 28.9 Å². The van der Waals surface area contributed by atoms with Crippen LogP contribution in [0.2, 0.25) is 0 Å². The zero-order chi connectivity index (χ0) is 13.3. The number of carbonyl (C=O) groups is 2. The van der Waals surface area contributed by atoms with E-state index in [-0.39, 0.29) is 25.6 Å². The average Bonchev–Trinajstić information content (AvgIpc) is 2.26. The third kappa shape index (κ3) is 9.77. The molecular formula is C11H20O6. The Morgan fingerprint density at radius 3 is 2.41 bits per heavy atom. The molecule has 2 atom stereocenters. The van der Waals surface area contributed by atoms with E-state index in [0.717, 1.165) is 0 Å². The average molecular weight is 248 g/mol. The number of ether oxygens (including phenoxy) is 3. The second kappa shape index (κ2) is 8.95. The number of aliphatic hydroxyl groups is 1. The molecule has 0 heterocycles. The van der Waals surface area contributed by atoms with Gasteiger partial charge in [0.25, 0.3) is 0 Å². The van der Waals surface area contributed by atoms with Gasteiger partial charge in [-0.3, -0.25) is 9.59 Å². The third-order valence-electron chi connectivity index (χ3n) is 1.94. The maximum Gasteiger partial charge on any atom is 0.305 e. The Bertz CT molecular complexity index is 238. The van der Waals surface area contributed by atoms with E-state index in [2.05, 4.69) is 4.74 Å². The molecule has 0 rings (SSSR count). The van der Waals surface area contributed by atoms with E-state index in [9.17, 15) is 9.59 Å². The van der Waals surface area contributed by atoms with E-state index in [1.165, 1.54) is 14.0 Å². The normalized spacial score (nSPS) is 13.9. The molecule has 0 radical (unpaired) electrons. The molecule has 6 heteroatoms. The molecule has 1 N–H and O–H groups in total. The molecule has 0 aromatic heterocycles. The van der Waals surface area contributed by atoms with Gasteiger partial charge in [-0.25, -0.2) is 0 Å². The number of methoxy groups -OCH3 is 1. The number of carbonyl (C=O) groups excluding carboxylic acids is 2. The smallest absolute Gasteiger partial charge is 0.305 e. The van der Waals surface area contributed by atoms with Crippen LogP contribution < -0.4 is 0 Å². The molecule has 0 aliphatic heterocycles. The van der Waals surface area contributed by atoms with Crippen LogP contribution in [0.15, 0.2) is 0 Å². The van der Waals surface area contributed by atoms with Crippen molar-refractivity contribution in [3.63, 3.8) is 0 Å². The molecule has 17 heavy (non-hydrogen) atoms. The molecule has 0 amide bonds. The summed E-state index contributed by atoms with van der Waals surface area (Å²) < 4.78 is 14.6. The van der Waals surface area contributed by atoms with Crippen molar-refractivity contribution in [1.29, 1.82) is 0 Å². The van der Waals surface area contributed by atoms with Crippen LogP contribution in [0.5, 0.6) is 0 Å². The van der Waals surface area contributed by atoms with E-state index in [1.54, 1.807) is 6.92 Å². The molecule has 100 valence electrons. The van der Waals surface area contributed by atoms with Crippen molar-refractivity contribution in [2.75, 3.05) is 20.3 Å². The first-order valence-electron chi connectivity index (χ1n) is 5.45. The van der Waals surface area contributed by atoms with Crippen molar-refractivity contribution >= 4 is 11.9 Å². The summed E-state index contributed by atoms with van der Waals surface area (Å²) in [6.45, 7) is 3.08. The summed E-state index contributed by atoms with van der Waals surface area (Å²) in [4.78, 5) is 21.6. The highest BCUT2D eigenvalue weighted by Crippen LogP contribution is 2.05. The first-order chi connectivity index (χ1) is 7.95. The number of hydrogen-bond acceptors (Lipinski definition) is 6. The predicted octanol–water partition coefficient (Wildman–Crippen LogP) is 0.269. The summed E-state index contributed by atoms with van der Waals surface area (Å²) in [5, 5.41) is 9.08. The number of rotatable bonds is 8. The monoisotopic (exact) mass is 248 g/mol. The van der Waals surface area contributed by atoms with Gasteiger partial charge in [0.05, 0.1) is 25.9 Å². The lowest BCUT2D eigenvalue weighted by atomic mass is 10.2. The van der Waals surface area contributed by atoms with Crippen LogP contribution in [0.1, 0.15) is 26.7 Å². The highest BCUT2D eigenvalue weighted by atomic mass is 16.6. The maximum absolute atomic E-state index is 11.0. The molecule has 0 saturated heterocycles. The van der Waals surface area contributed by atoms with Gasteiger partial charge < -0.3 is 19.3 Å². The van der Waals surface area contributed by atoms with Gasteiger partial charge >= 0.3 is 11.9 Å². The van der Waals surface area contributed by atoms with Crippen molar-refractivity contribution in [2.24, 2.45) is 0 Å². The minimum atomic E-state index is -0.604. The fourth-order valence-electron chi connectivity index (χ4n) is 1.08. The van der Waals surface area contributed by atoms with Gasteiger partial charge in [-0.05, 0) is 13.3 Å². The molecule has 6 nitrogen and oxygen atoms in total. The quantitative estimate of drug-likeness (QED) is 0.621. The molecule has 0 aliphatic carbocycles. The SMILES string of the molecule is COC(=O)CCC(COC(C)=O)OCC(C)O. The highest BCUT2D eigenvalue weighted by molar-refractivity contribution is 5.69. The molecule has 0 aromatic carbocycles. The fourth-order valence-corrected chi connectivity index (χ4v) is 1.08. The Morgan fingerprint density at radius 2 is 1.94 bits per heavy atom. The Morgan fingerprint density at radius 1 is 1.29 bits per heavy atom. The Hall–Kier alpha value is -1.14.